The summed E-state index contributed by atoms with van der Waals surface area (Å²) in [5, 5.41) is 22.5. The number of benzene rings is 1. The molecule has 2 aromatic rings. The smallest absolute Gasteiger partial charge is 0.389 e. The standard InChI is InChI=1S/C12H14N2O5/c1-13-5-9(15)10(16)6-2-3-8-7(4-6)11(17)19-12(18)14-8/h2-4,9-10,13,15-16H,5H2,1H3,(H,14,18). The minimum absolute atomic E-state index is 0.146. The highest BCUT2D eigenvalue weighted by Gasteiger charge is 2.18. The zero-order chi connectivity index (χ0) is 14.0. The average molecular weight is 266 g/mol. The topological polar surface area (TPSA) is 116 Å². The lowest BCUT2D eigenvalue weighted by Crippen LogP contribution is -2.29. The number of aliphatic hydroxyl groups is 2. The van der Waals surface area contributed by atoms with Gasteiger partial charge in [0.2, 0.25) is 0 Å². The molecule has 2 atom stereocenters. The summed E-state index contributed by atoms with van der Waals surface area (Å²) in [6.45, 7) is 0.208. The third-order valence-corrected chi connectivity index (χ3v) is 2.80. The van der Waals surface area contributed by atoms with Gasteiger partial charge in [0.25, 0.3) is 0 Å². The number of H-pyrrole nitrogens is 1. The van der Waals surface area contributed by atoms with Crippen molar-refractivity contribution in [2.45, 2.75) is 12.2 Å². The molecule has 1 aromatic heterocycles. The van der Waals surface area contributed by atoms with Crippen LogP contribution in [0.25, 0.3) is 10.9 Å². The molecule has 19 heavy (non-hydrogen) atoms. The van der Waals surface area contributed by atoms with Crippen molar-refractivity contribution in [2.24, 2.45) is 0 Å². The molecule has 0 fully saturated rings. The molecule has 0 saturated heterocycles. The highest BCUT2D eigenvalue weighted by molar-refractivity contribution is 5.77. The van der Waals surface area contributed by atoms with Gasteiger partial charge in [-0.2, -0.15) is 0 Å². The lowest BCUT2D eigenvalue weighted by atomic mass is 10.0. The van der Waals surface area contributed by atoms with Crippen LogP contribution in [0, 0.1) is 0 Å². The van der Waals surface area contributed by atoms with E-state index in [2.05, 4.69) is 14.7 Å². The van der Waals surface area contributed by atoms with Gasteiger partial charge < -0.3 is 19.9 Å². The van der Waals surface area contributed by atoms with E-state index in [9.17, 15) is 19.8 Å². The maximum Gasteiger partial charge on any atom is 0.419 e. The van der Waals surface area contributed by atoms with Gasteiger partial charge in [0, 0.05) is 6.54 Å². The van der Waals surface area contributed by atoms with Gasteiger partial charge in [0.1, 0.15) is 6.10 Å². The monoisotopic (exact) mass is 266 g/mol. The van der Waals surface area contributed by atoms with Gasteiger partial charge >= 0.3 is 11.4 Å². The van der Waals surface area contributed by atoms with Crippen LogP contribution in [0.5, 0.6) is 0 Å². The number of hydrogen-bond acceptors (Lipinski definition) is 6. The Labute approximate surface area is 107 Å². The molecule has 0 radical (unpaired) electrons. The maximum absolute atomic E-state index is 11.5. The molecule has 0 aliphatic rings. The van der Waals surface area contributed by atoms with Crippen molar-refractivity contribution in [1.29, 1.82) is 0 Å². The highest BCUT2D eigenvalue weighted by Crippen LogP contribution is 2.19. The molecule has 2 rings (SSSR count). The van der Waals surface area contributed by atoms with Crippen LogP contribution in [-0.2, 0) is 0 Å². The minimum atomic E-state index is -1.14. The van der Waals surface area contributed by atoms with Crippen LogP contribution in [0.4, 0.5) is 0 Å². The molecule has 0 spiro atoms. The van der Waals surface area contributed by atoms with Crippen molar-refractivity contribution in [1.82, 2.24) is 10.3 Å². The molecular formula is C12H14N2O5. The third kappa shape index (κ3) is 2.73. The number of fused-ring (bicyclic) bond motifs is 1. The molecule has 102 valence electrons. The summed E-state index contributed by atoms with van der Waals surface area (Å²) in [7, 11) is 1.65. The van der Waals surface area contributed by atoms with E-state index in [0.29, 0.717) is 11.1 Å². The highest BCUT2D eigenvalue weighted by atomic mass is 16.4. The molecule has 2 unspecified atom stereocenters. The van der Waals surface area contributed by atoms with Crippen molar-refractivity contribution in [3.05, 3.63) is 44.7 Å². The molecular weight excluding hydrogens is 252 g/mol. The van der Waals surface area contributed by atoms with Crippen molar-refractivity contribution in [2.75, 3.05) is 13.6 Å². The van der Waals surface area contributed by atoms with E-state index in [1.54, 1.807) is 7.05 Å². The lowest BCUT2D eigenvalue weighted by Gasteiger charge is -2.17. The first-order valence-corrected chi connectivity index (χ1v) is 5.70. The molecule has 0 saturated carbocycles. The summed E-state index contributed by atoms with van der Waals surface area (Å²) < 4.78 is 4.41. The summed E-state index contributed by atoms with van der Waals surface area (Å²) >= 11 is 0. The van der Waals surface area contributed by atoms with Crippen molar-refractivity contribution >= 4 is 10.9 Å². The zero-order valence-corrected chi connectivity index (χ0v) is 10.2. The Morgan fingerprint density at radius 3 is 2.79 bits per heavy atom. The van der Waals surface area contributed by atoms with E-state index in [4.69, 9.17) is 0 Å². The summed E-state index contributed by atoms with van der Waals surface area (Å²) in [4.78, 5) is 24.9. The molecule has 0 amide bonds. The SMILES string of the molecule is CNCC(O)C(O)c1ccc2[nH]c(=O)oc(=O)c2c1. The first-order valence-electron chi connectivity index (χ1n) is 5.70. The quantitative estimate of drug-likeness (QED) is 0.569. The second-order valence-corrected chi connectivity index (χ2v) is 4.18. The van der Waals surface area contributed by atoms with Gasteiger partial charge in [0.05, 0.1) is 17.0 Å². The number of aromatic nitrogens is 1. The van der Waals surface area contributed by atoms with Crippen molar-refractivity contribution in [3.8, 4) is 0 Å². The van der Waals surface area contributed by atoms with Crippen LogP contribution < -0.4 is 16.7 Å². The normalized spacial score (nSPS) is 14.5. The van der Waals surface area contributed by atoms with Crippen LogP contribution >= 0.6 is 0 Å². The fraction of sp³-hybridized carbons (Fsp3) is 0.333. The third-order valence-electron chi connectivity index (χ3n) is 2.80. The Morgan fingerprint density at radius 2 is 2.11 bits per heavy atom. The fourth-order valence-corrected chi connectivity index (χ4v) is 1.84. The summed E-state index contributed by atoms with van der Waals surface area (Å²) in [6.07, 6.45) is -2.14. The Hall–Kier alpha value is -1.96. The molecule has 7 heteroatoms. The molecule has 1 aromatic carbocycles. The van der Waals surface area contributed by atoms with Crippen LogP contribution in [0.15, 0.2) is 32.2 Å². The predicted octanol–water partition coefficient (Wildman–Crippen LogP) is -0.905. The van der Waals surface area contributed by atoms with Gasteiger partial charge in [-0.05, 0) is 24.7 Å². The van der Waals surface area contributed by atoms with Crippen LogP contribution in [0.1, 0.15) is 11.7 Å². The number of nitrogens with one attached hydrogen (secondary N) is 2. The van der Waals surface area contributed by atoms with Crippen molar-refractivity contribution < 1.29 is 14.6 Å². The van der Waals surface area contributed by atoms with E-state index in [-0.39, 0.29) is 11.9 Å². The number of aromatic amines is 1. The number of hydrogen-bond donors (Lipinski definition) is 4. The van der Waals surface area contributed by atoms with Crippen LogP contribution in [0.2, 0.25) is 0 Å². The first kappa shape index (κ1) is 13.5. The Kier molecular flexibility index (Phi) is 3.79. The largest absolute Gasteiger partial charge is 0.419 e. The maximum atomic E-state index is 11.5. The van der Waals surface area contributed by atoms with Gasteiger partial charge in [-0.1, -0.05) is 6.07 Å². The number of likely N-dealkylation sites (N-methyl/N-ethyl adjacent to an activating group) is 1. The Bertz CT molecular complexity index is 690. The lowest BCUT2D eigenvalue weighted by molar-refractivity contribution is 0.0203. The molecule has 0 aliphatic heterocycles. The van der Waals surface area contributed by atoms with Crippen LogP contribution in [0.3, 0.4) is 0 Å². The minimum Gasteiger partial charge on any atom is -0.389 e. The summed E-state index contributed by atoms with van der Waals surface area (Å²) in [6, 6.07) is 4.40. The van der Waals surface area contributed by atoms with E-state index < -0.39 is 23.6 Å². The zero-order valence-electron chi connectivity index (χ0n) is 10.2. The number of rotatable bonds is 4. The first-order chi connectivity index (χ1) is 9.02. The van der Waals surface area contributed by atoms with Crippen molar-refractivity contribution in [3.63, 3.8) is 0 Å². The predicted molar refractivity (Wildman–Crippen MR) is 68.0 cm³/mol. The molecule has 7 nitrogen and oxygen atoms in total. The van der Waals surface area contributed by atoms with Gasteiger partial charge in [-0.3, -0.25) is 4.98 Å². The second kappa shape index (κ2) is 5.35. The van der Waals surface area contributed by atoms with E-state index >= 15 is 0 Å². The Morgan fingerprint density at radius 1 is 1.37 bits per heavy atom. The summed E-state index contributed by atoms with van der Waals surface area (Å²) in [5.41, 5.74) is -0.0918. The van der Waals surface area contributed by atoms with E-state index in [1.165, 1.54) is 18.2 Å². The van der Waals surface area contributed by atoms with Crippen LogP contribution in [-0.4, -0.2) is 34.9 Å². The van der Waals surface area contributed by atoms with Gasteiger partial charge in [-0.15, -0.1) is 0 Å². The molecule has 0 aliphatic carbocycles. The van der Waals surface area contributed by atoms with E-state index in [0.717, 1.165) is 0 Å². The molecule has 4 N–H and O–H groups in total. The van der Waals surface area contributed by atoms with Gasteiger partial charge in [0.15, 0.2) is 0 Å². The van der Waals surface area contributed by atoms with Gasteiger partial charge in [-0.25, -0.2) is 9.59 Å². The Balaban J connectivity index is 2.47. The summed E-state index contributed by atoms with van der Waals surface area (Å²) in [5.74, 6) is -0.832. The van der Waals surface area contributed by atoms with E-state index in [1.807, 2.05) is 0 Å². The second-order valence-electron chi connectivity index (χ2n) is 4.18. The number of aliphatic hydroxyl groups excluding tert-OH is 2. The fourth-order valence-electron chi connectivity index (χ4n) is 1.84. The average Bonchev–Trinajstić information content (AvgIpc) is 2.37. The molecule has 0 bridgehead atoms. The molecule has 1 heterocycles.